The molecular weight excluding hydrogens is 248 g/mol. The fourth-order valence-corrected chi connectivity index (χ4v) is 2.01. The monoisotopic (exact) mass is 258 g/mol. The highest BCUT2D eigenvalue weighted by Gasteiger charge is 2.26. The smallest absolute Gasteiger partial charge is 0.202 e. The highest BCUT2D eigenvalue weighted by molar-refractivity contribution is 9.10. The van der Waals surface area contributed by atoms with Gasteiger partial charge in [-0.25, -0.2) is 0 Å². The van der Waals surface area contributed by atoms with Crippen LogP contribution in [0.4, 0.5) is 0 Å². The zero-order valence-corrected chi connectivity index (χ0v) is 9.25. The minimum absolute atomic E-state index is 0.0613. The van der Waals surface area contributed by atoms with Crippen molar-refractivity contribution in [2.75, 3.05) is 13.2 Å². The summed E-state index contributed by atoms with van der Waals surface area (Å²) in [4.78, 5) is 11.9. The highest BCUT2D eigenvalue weighted by Crippen LogP contribution is 2.25. The van der Waals surface area contributed by atoms with Gasteiger partial charge in [0.1, 0.15) is 0 Å². The number of carbonyl (C=O) groups excluding carboxylic acids is 1. The predicted octanol–water partition coefficient (Wildman–Crippen LogP) is 2.65. The zero-order valence-electron chi connectivity index (χ0n) is 7.66. The number of rotatable bonds is 2. The molecule has 0 unspecified atom stereocenters. The highest BCUT2D eigenvalue weighted by atomic mass is 79.9. The molecule has 3 nitrogen and oxygen atoms in total. The Kier molecular flexibility index (Phi) is 3.03. The molecule has 1 aliphatic rings. The van der Waals surface area contributed by atoms with Gasteiger partial charge in [-0.1, -0.05) is 0 Å². The number of hydrogen-bond donors (Lipinski definition) is 0. The lowest BCUT2D eigenvalue weighted by Crippen LogP contribution is -2.23. The number of halogens is 1. The number of hydrogen-bond acceptors (Lipinski definition) is 3. The van der Waals surface area contributed by atoms with Crippen molar-refractivity contribution in [2.45, 2.75) is 12.8 Å². The van der Waals surface area contributed by atoms with E-state index in [9.17, 15) is 4.79 Å². The molecule has 4 heteroatoms. The van der Waals surface area contributed by atoms with Crippen molar-refractivity contribution >= 4 is 21.7 Å². The molecule has 0 spiro atoms. The van der Waals surface area contributed by atoms with E-state index >= 15 is 0 Å². The summed E-state index contributed by atoms with van der Waals surface area (Å²) < 4.78 is 11.1. The molecule has 1 fully saturated rings. The summed E-state index contributed by atoms with van der Waals surface area (Å²) in [6.45, 7) is 1.35. The van der Waals surface area contributed by atoms with E-state index in [0.29, 0.717) is 19.0 Å². The molecule has 76 valence electrons. The number of furan rings is 1. The van der Waals surface area contributed by atoms with Crippen LogP contribution in [0.1, 0.15) is 23.4 Å². The molecule has 1 aromatic rings. The van der Waals surface area contributed by atoms with Gasteiger partial charge in [0.15, 0.2) is 5.76 Å². The predicted molar refractivity (Wildman–Crippen MR) is 54.3 cm³/mol. The van der Waals surface area contributed by atoms with Crippen LogP contribution in [0.2, 0.25) is 0 Å². The lowest BCUT2D eigenvalue weighted by atomic mass is 9.94. The molecule has 0 saturated carbocycles. The maximum absolute atomic E-state index is 11.9. The summed E-state index contributed by atoms with van der Waals surface area (Å²) in [7, 11) is 0. The van der Waals surface area contributed by atoms with E-state index in [1.165, 1.54) is 6.26 Å². The number of ether oxygens (including phenoxy) is 1. The molecule has 0 aliphatic carbocycles. The SMILES string of the molecule is O=C(c1occc1Br)C1CCOCC1. The minimum Gasteiger partial charge on any atom is -0.460 e. The fraction of sp³-hybridized carbons (Fsp3) is 0.500. The molecule has 1 saturated heterocycles. The Balaban J connectivity index is 2.11. The van der Waals surface area contributed by atoms with Crippen LogP contribution in [0.3, 0.4) is 0 Å². The van der Waals surface area contributed by atoms with E-state index in [1.807, 2.05) is 0 Å². The first-order valence-electron chi connectivity index (χ1n) is 4.64. The van der Waals surface area contributed by atoms with Gasteiger partial charge in [-0.15, -0.1) is 0 Å². The van der Waals surface area contributed by atoms with E-state index in [2.05, 4.69) is 15.9 Å². The molecule has 0 bridgehead atoms. The second-order valence-electron chi connectivity index (χ2n) is 3.35. The third-order valence-corrected chi connectivity index (χ3v) is 3.06. The van der Waals surface area contributed by atoms with Crippen LogP contribution in [0, 0.1) is 5.92 Å². The van der Waals surface area contributed by atoms with Gasteiger partial charge in [-0.05, 0) is 34.8 Å². The maximum Gasteiger partial charge on any atom is 0.202 e. The molecular formula is C10H11BrO3. The van der Waals surface area contributed by atoms with Crippen molar-refractivity contribution < 1.29 is 13.9 Å². The first-order valence-corrected chi connectivity index (χ1v) is 5.43. The van der Waals surface area contributed by atoms with Crippen LogP contribution < -0.4 is 0 Å². The number of Topliss-reactive ketones (excluding diaryl/α,β-unsaturated/α-hetero) is 1. The van der Waals surface area contributed by atoms with Crippen molar-refractivity contribution in [3.8, 4) is 0 Å². The topological polar surface area (TPSA) is 39.4 Å². The summed E-state index contributed by atoms with van der Waals surface area (Å²) in [5.74, 6) is 0.591. The maximum atomic E-state index is 11.9. The Morgan fingerprint density at radius 1 is 1.43 bits per heavy atom. The van der Waals surface area contributed by atoms with Crippen molar-refractivity contribution in [3.05, 3.63) is 22.6 Å². The first-order chi connectivity index (χ1) is 6.79. The second-order valence-corrected chi connectivity index (χ2v) is 4.20. The third kappa shape index (κ3) is 1.91. The van der Waals surface area contributed by atoms with Crippen LogP contribution in [0.15, 0.2) is 21.2 Å². The lowest BCUT2D eigenvalue weighted by molar-refractivity contribution is 0.0527. The van der Waals surface area contributed by atoms with Crippen molar-refractivity contribution in [1.82, 2.24) is 0 Å². The van der Waals surface area contributed by atoms with Crippen LogP contribution >= 0.6 is 15.9 Å². The Morgan fingerprint density at radius 2 is 2.14 bits per heavy atom. The van der Waals surface area contributed by atoms with Crippen LogP contribution in [0.5, 0.6) is 0 Å². The molecule has 1 aliphatic heterocycles. The molecule has 2 rings (SSSR count). The number of carbonyl (C=O) groups is 1. The number of ketones is 1. The molecule has 0 N–H and O–H groups in total. The Hall–Kier alpha value is -0.610. The van der Waals surface area contributed by atoms with Gasteiger partial charge in [0.05, 0.1) is 10.7 Å². The summed E-state index contributed by atoms with van der Waals surface area (Å²) in [5.41, 5.74) is 0. The van der Waals surface area contributed by atoms with Crippen molar-refractivity contribution in [3.63, 3.8) is 0 Å². The van der Waals surface area contributed by atoms with Gasteiger partial charge in [-0.3, -0.25) is 4.79 Å². The molecule has 14 heavy (non-hydrogen) atoms. The Bertz CT molecular complexity index is 326. The third-order valence-electron chi connectivity index (χ3n) is 2.43. The average Bonchev–Trinajstić information content (AvgIpc) is 2.65. The Morgan fingerprint density at radius 3 is 2.71 bits per heavy atom. The van der Waals surface area contributed by atoms with Crippen molar-refractivity contribution in [2.24, 2.45) is 5.92 Å². The quantitative estimate of drug-likeness (QED) is 0.766. The molecule has 2 heterocycles. The molecule has 0 aromatic carbocycles. The van der Waals surface area contributed by atoms with Gasteiger partial charge in [0.2, 0.25) is 5.78 Å². The lowest BCUT2D eigenvalue weighted by Gasteiger charge is -2.19. The van der Waals surface area contributed by atoms with Crippen LogP contribution in [-0.4, -0.2) is 19.0 Å². The van der Waals surface area contributed by atoms with Crippen LogP contribution in [0.25, 0.3) is 0 Å². The minimum atomic E-state index is 0.0613. The van der Waals surface area contributed by atoms with E-state index in [-0.39, 0.29) is 11.7 Å². The van der Waals surface area contributed by atoms with E-state index < -0.39 is 0 Å². The second kappa shape index (κ2) is 4.28. The summed E-state index contributed by atoms with van der Waals surface area (Å²) in [5, 5.41) is 0. The zero-order chi connectivity index (χ0) is 9.97. The largest absolute Gasteiger partial charge is 0.460 e. The van der Waals surface area contributed by atoms with Crippen LogP contribution in [-0.2, 0) is 4.74 Å². The Labute approximate surface area is 90.6 Å². The average molecular weight is 259 g/mol. The van der Waals surface area contributed by atoms with Gasteiger partial charge < -0.3 is 9.15 Å². The first kappa shape index (κ1) is 9.93. The molecule has 0 radical (unpaired) electrons. The fourth-order valence-electron chi connectivity index (χ4n) is 1.61. The van der Waals surface area contributed by atoms with Gasteiger partial charge in [0.25, 0.3) is 0 Å². The summed E-state index contributed by atoms with van der Waals surface area (Å²) in [6, 6.07) is 1.74. The van der Waals surface area contributed by atoms with Gasteiger partial charge in [0, 0.05) is 19.1 Å². The van der Waals surface area contributed by atoms with E-state index in [1.54, 1.807) is 6.07 Å². The molecule has 0 amide bonds. The molecule has 1 aromatic heterocycles. The van der Waals surface area contributed by atoms with E-state index in [0.717, 1.165) is 17.3 Å². The standard InChI is InChI=1S/C10H11BrO3/c11-8-3-6-14-10(8)9(12)7-1-4-13-5-2-7/h3,6-7H,1-2,4-5H2. The molecule has 0 atom stereocenters. The van der Waals surface area contributed by atoms with Gasteiger partial charge in [-0.2, -0.15) is 0 Å². The summed E-state index contributed by atoms with van der Waals surface area (Å²) >= 11 is 3.29. The summed E-state index contributed by atoms with van der Waals surface area (Å²) in [6.07, 6.45) is 3.12. The van der Waals surface area contributed by atoms with Gasteiger partial charge >= 0.3 is 0 Å². The van der Waals surface area contributed by atoms with Crippen molar-refractivity contribution in [1.29, 1.82) is 0 Å². The van der Waals surface area contributed by atoms with E-state index in [4.69, 9.17) is 9.15 Å². The normalized spacial score (nSPS) is 18.4.